The van der Waals surface area contributed by atoms with Crippen LogP contribution in [-0.4, -0.2) is 19.7 Å². The maximum atomic E-state index is 12.8. The molecular formula is C17H15BrClF3N2O2. The Kier molecular flexibility index (Phi) is 6.77. The summed E-state index contributed by atoms with van der Waals surface area (Å²) >= 11 is 8.92. The van der Waals surface area contributed by atoms with Gasteiger partial charge in [-0.3, -0.25) is 0 Å². The number of urea groups is 1. The fraction of sp³-hybridized carbons (Fsp3) is 0.235. The summed E-state index contributed by atoms with van der Waals surface area (Å²) in [6, 6.07) is 8.11. The van der Waals surface area contributed by atoms with E-state index in [0.717, 1.165) is 22.2 Å². The number of amides is 2. The Labute approximate surface area is 161 Å². The molecule has 0 unspecified atom stereocenters. The van der Waals surface area contributed by atoms with E-state index in [1.54, 1.807) is 13.2 Å². The summed E-state index contributed by atoms with van der Waals surface area (Å²) in [4.78, 5) is 11.9. The Bertz CT molecular complexity index is 800. The van der Waals surface area contributed by atoms with Gasteiger partial charge in [0.15, 0.2) is 0 Å². The summed E-state index contributed by atoms with van der Waals surface area (Å²) in [7, 11) is 1.56. The Morgan fingerprint density at radius 2 is 1.96 bits per heavy atom. The van der Waals surface area contributed by atoms with Gasteiger partial charge in [0, 0.05) is 12.2 Å². The number of anilines is 1. The lowest BCUT2D eigenvalue weighted by atomic mass is 10.1. The van der Waals surface area contributed by atoms with E-state index in [-0.39, 0.29) is 5.69 Å². The molecule has 0 bridgehead atoms. The summed E-state index contributed by atoms with van der Waals surface area (Å²) in [6.07, 6.45) is -4.04. The molecule has 2 rings (SSSR count). The predicted octanol–water partition coefficient (Wildman–Crippen LogP) is 5.49. The van der Waals surface area contributed by atoms with Crippen molar-refractivity contribution in [3.8, 4) is 5.75 Å². The molecule has 0 atom stereocenters. The zero-order valence-corrected chi connectivity index (χ0v) is 15.9. The number of carbonyl (C=O) groups is 1. The van der Waals surface area contributed by atoms with Crippen LogP contribution in [0, 0.1) is 0 Å². The molecule has 0 spiro atoms. The van der Waals surface area contributed by atoms with Gasteiger partial charge >= 0.3 is 12.2 Å². The van der Waals surface area contributed by atoms with Crippen molar-refractivity contribution in [3.05, 3.63) is 57.0 Å². The van der Waals surface area contributed by atoms with Crippen LogP contribution in [0.5, 0.6) is 5.75 Å². The van der Waals surface area contributed by atoms with Crippen molar-refractivity contribution in [2.45, 2.75) is 12.6 Å². The summed E-state index contributed by atoms with van der Waals surface area (Å²) < 4.78 is 44.4. The number of hydrogen-bond donors (Lipinski definition) is 2. The maximum Gasteiger partial charge on any atom is 0.417 e. The Balaban J connectivity index is 1.90. The molecule has 0 radical (unpaired) electrons. The van der Waals surface area contributed by atoms with E-state index in [1.165, 1.54) is 6.07 Å². The fourth-order valence-electron chi connectivity index (χ4n) is 2.18. The second-order valence-corrected chi connectivity index (χ2v) is 6.55. The van der Waals surface area contributed by atoms with E-state index >= 15 is 0 Å². The van der Waals surface area contributed by atoms with Crippen LogP contribution in [0.2, 0.25) is 5.02 Å². The first-order valence-electron chi connectivity index (χ1n) is 7.44. The molecule has 0 fully saturated rings. The molecule has 0 aromatic heterocycles. The Hall–Kier alpha value is -1.93. The van der Waals surface area contributed by atoms with Gasteiger partial charge in [-0.05, 0) is 58.2 Å². The van der Waals surface area contributed by atoms with Crippen molar-refractivity contribution in [1.82, 2.24) is 5.32 Å². The first-order valence-corrected chi connectivity index (χ1v) is 8.62. The van der Waals surface area contributed by atoms with Crippen LogP contribution in [0.3, 0.4) is 0 Å². The highest BCUT2D eigenvalue weighted by Gasteiger charge is 2.33. The molecule has 26 heavy (non-hydrogen) atoms. The first-order chi connectivity index (χ1) is 12.2. The average Bonchev–Trinajstić information content (AvgIpc) is 2.56. The topological polar surface area (TPSA) is 50.4 Å². The van der Waals surface area contributed by atoms with Gasteiger partial charge in [0.05, 0.1) is 22.2 Å². The standard InChI is InChI=1S/C17H15BrClF3N2O2/c1-26-15-5-2-10(8-13(15)18)6-7-23-16(25)24-11-3-4-14(19)12(9-11)17(20,21)22/h2-5,8-9H,6-7H2,1H3,(H2,23,24,25). The van der Waals surface area contributed by atoms with Gasteiger partial charge in [0.1, 0.15) is 5.75 Å². The number of benzene rings is 2. The van der Waals surface area contributed by atoms with Crippen molar-refractivity contribution in [2.75, 3.05) is 19.0 Å². The van der Waals surface area contributed by atoms with Crippen LogP contribution in [0.1, 0.15) is 11.1 Å². The number of rotatable bonds is 5. The zero-order chi connectivity index (χ0) is 19.3. The van der Waals surface area contributed by atoms with Gasteiger partial charge in [-0.25, -0.2) is 4.79 Å². The third-order valence-corrected chi connectivity index (χ3v) is 4.39. The number of halogens is 5. The zero-order valence-electron chi connectivity index (χ0n) is 13.6. The summed E-state index contributed by atoms with van der Waals surface area (Å²) in [6.45, 7) is 0.310. The van der Waals surface area contributed by atoms with E-state index in [9.17, 15) is 18.0 Å². The lowest BCUT2D eigenvalue weighted by Gasteiger charge is -2.12. The quantitative estimate of drug-likeness (QED) is 0.631. The molecule has 0 saturated carbocycles. The third kappa shape index (κ3) is 5.54. The monoisotopic (exact) mass is 450 g/mol. The minimum atomic E-state index is -4.59. The van der Waals surface area contributed by atoms with Crippen molar-refractivity contribution in [1.29, 1.82) is 0 Å². The van der Waals surface area contributed by atoms with Crippen molar-refractivity contribution < 1.29 is 22.7 Å². The second-order valence-electron chi connectivity index (χ2n) is 5.29. The minimum Gasteiger partial charge on any atom is -0.496 e. The van der Waals surface area contributed by atoms with E-state index in [1.807, 2.05) is 12.1 Å². The smallest absolute Gasteiger partial charge is 0.417 e. The van der Waals surface area contributed by atoms with Crippen LogP contribution >= 0.6 is 27.5 Å². The van der Waals surface area contributed by atoms with Gasteiger partial charge in [-0.1, -0.05) is 17.7 Å². The largest absolute Gasteiger partial charge is 0.496 e. The van der Waals surface area contributed by atoms with E-state index in [4.69, 9.17) is 16.3 Å². The van der Waals surface area contributed by atoms with E-state index in [2.05, 4.69) is 26.6 Å². The molecule has 2 amide bonds. The molecule has 0 saturated heterocycles. The number of alkyl halides is 3. The molecule has 140 valence electrons. The van der Waals surface area contributed by atoms with Crippen LogP contribution in [0.25, 0.3) is 0 Å². The lowest BCUT2D eigenvalue weighted by Crippen LogP contribution is -2.30. The molecule has 9 heteroatoms. The van der Waals surface area contributed by atoms with E-state index < -0.39 is 22.8 Å². The van der Waals surface area contributed by atoms with Crippen molar-refractivity contribution in [2.24, 2.45) is 0 Å². The van der Waals surface area contributed by atoms with Crippen LogP contribution < -0.4 is 15.4 Å². The van der Waals surface area contributed by atoms with Crippen LogP contribution in [0.4, 0.5) is 23.7 Å². The summed E-state index contributed by atoms with van der Waals surface area (Å²) in [5, 5.41) is 4.53. The summed E-state index contributed by atoms with van der Waals surface area (Å²) in [5.74, 6) is 0.697. The highest BCUT2D eigenvalue weighted by molar-refractivity contribution is 9.10. The van der Waals surface area contributed by atoms with Gasteiger partial charge < -0.3 is 15.4 Å². The molecule has 0 aliphatic carbocycles. The number of hydrogen-bond acceptors (Lipinski definition) is 2. The minimum absolute atomic E-state index is 0.00594. The molecular weight excluding hydrogens is 437 g/mol. The van der Waals surface area contributed by atoms with Gasteiger partial charge in [0.25, 0.3) is 0 Å². The highest BCUT2D eigenvalue weighted by atomic mass is 79.9. The second kappa shape index (κ2) is 8.64. The first kappa shape index (κ1) is 20.4. The van der Waals surface area contributed by atoms with Gasteiger partial charge in [0.2, 0.25) is 0 Å². The fourth-order valence-corrected chi connectivity index (χ4v) is 2.99. The molecule has 0 heterocycles. The normalized spacial score (nSPS) is 11.2. The SMILES string of the molecule is COc1ccc(CCNC(=O)Nc2ccc(Cl)c(C(F)(F)F)c2)cc1Br. The number of nitrogens with one attached hydrogen (secondary N) is 2. The van der Waals surface area contributed by atoms with E-state index in [0.29, 0.717) is 18.7 Å². The number of carbonyl (C=O) groups excluding carboxylic acids is 1. The molecule has 2 N–H and O–H groups in total. The highest BCUT2D eigenvalue weighted by Crippen LogP contribution is 2.36. The number of methoxy groups -OCH3 is 1. The van der Waals surface area contributed by atoms with Crippen molar-refractivity contribution >= 4 is 39.2 Å². The molecule has 2 aromatic rings. The van der Waals surface area contributed by atoms with Gasteiger partial charge in [-0.15, -0.1) is 0 Å². The molecule has 4 nitrogen and oxygen atoms in total. The van der Waals surface area contributed by atoms with Crippen LogP contribution in [0.15, 0.2) is 40.9 Å². The van der Waals surface area contributed by atoms with Crippen LogP contribution in [-0.2, 0) is 12.6 Å². The molecule has 2 aromatic carbocycles. The van der Waals surface area contributed by atoms with Gasteiger partial charge in [-0.2, -0.15) is 13.2 Å². The third-order valence-electron chi connectivity index (χ3n) is 3.45. The molecule has 0 aliphatic rings. The summed E-state index contributed by atoms with van der Waals surface area (Å²) in [5.41, 5.74) is -0.0321. The van der Waals surface area contributed by atoms with Crippen molar-refractivity contribution in [3.63, 3.8) is 0 Å². The maximum absolute atomic E-state index is 12.8. The number of ether oxygens (including phenoxy) is 1. The average molecular weight is 452 g/mol. The predicted molar refractivity (Wildman–Crippen MR) is 97.9 cm³/mol. The molecule has 0 aliphatic heterocycles. The Morgan fingerprint density at radius 3 is 2.58 bits per heavy atom. The Morgan fingerprint density at radius 1 is 1.23 bits per heavy atom. The lowest BCUT2D eigenvalue weighted by molar-refractivity contribution is -0.137.